The standard InChI is InChI=1S/C16H26N2O3/c1-11(2)13-8-12(15(20)21)9-14(18-13)17-10-16(3,4)6-5-7-19/h8-9,11,19H,5-7,10H2,1-4H3,(H,17,18)(H,20,21). The summed E-state index contributed by atoms with van der Waals surface area (Å²) in [5.41, 5.74) is 1.04. The molecule has 5 nitrogen and oxygen atoms in total. The van der Waals surface area contributed by atoms with Gasteiger partial charge in [0, 0.05) is 18.8 Å². The predicted molar refractivity (Wildman–Crippen MR) is 83.9 cm³/mol. The first kappa shape index (κ1) is 17.4. The van der Waals surface area contributed by atoms with E-state index in [0.717, 1.165) is 18.5 Å². The zero-order valence-corrected chi connectivity index (χ0v) is 13.3. The molecule has 5 heteroatoms. The lowest BCUT2D eigenvalue weighted by Gasteiger charge is -2.25. The highest BCUT2D eigenvalue weighted by atomic mass is 16.4. The summed E-state index contributed by atoms with van der Waals surface area (Å²) in [6.07, 6.45) is 1.65. The number of aromatic carboxylic acids is 1. The van der Waals surface area contributed by atoms with Gasteiger partial charge >= 0.3 is 5.97 Å². The summed E-state index contributed by atoms with van der Waals surface area (Å²) in [6, 6.07) is 3.19. The second-order valence-corrected chi connectivity index (χ2v) is 6.47. The fourth-order valence-electron chi connectivity index (χ4n) is 2.04. The fraction of sp³-hybridized carbons (Fsp3) is 0.625. The van der Waals surface area contributed by atoms with Crippen LogP contribution in [0.3, 0.4) is 0 Å². The van der Waals surface area contributed by atoms with Gasteiger partial charge in [0.05, 0.1) is 5.56 Å². The van der Waals surface area contributed by atoms with E-state index in [1.807, 2.05) is 13.8 Å². The number of hydrogen-bond acceptors (Lipinski definition) is 4. The molecule has 0 unspecified atom stereocenters. The van der Waals surface area contributed by atoms with Crippen LogP contribution in [-0.2, 0) is 0 Å². The van der Waals surface area contributed by atoms with Crippen LogP contribution in [0.15, 0.2) is 12.1 Å². The van der Waals surface area contributed by atoms with Crippen LogP contribution in [0, 0.1) is 5.41 Å². The first-order valence-electron chi connectivity index (χ1n) is 7.35. The monoisotopic (exact) mass is 294 g/mol. The van der Waals surface area contributed by atoms with E-state index in [1.54, 1.807) is 12.1 Å². The maximum atomic E-state index is 11.2. The van der Waals surface area contributed by atoms with Crippen LogP contribution < -0.4 is 5.32 Å². The lowest BCUT2D eigenvalue weighted by atomic mass is 9.88. The summed E-state index contributed by atoms with van der Waals surface area (Å²) < 4.78 is 0. The molecule has 1 rings (SSSR count). The number of rotatable bonds is 8. The van der Waals surface area contributed by atoms with E-state index >= 15 is 0 Å². The Balaban J connectivity index is 2.85. The summed E-state index contributed by atoms with van der Waals surface area (Å²) in [5.74, 6) is -0.176. The van der Waals surface area contributed by atoms with E-state index < -0.39 is 5.97 Å². The summed E-state index contributed by atoms with van der Waals surface area (Å²) in [4.78, 5) is 15.7. The summed E-state index contributed by atoms with van der Waals surface area (Å²) in [5, 5.41) is 21.3. The van der Waals surface area contributed by atoms with Gasteiger partial charge in [0.2, 0.25) is 0 Å². The first-order valence-corrected chi connectivity index (χ1v) is 7.35. The number of nitrogens with zero attached hydrogens (tertiary/aromatic N) is 1. The normalized spacial score (nSPS) is 11.7. The number of carboxylic acid groups (broad SMARTS) is 1. The smallest absolute Gasteiger partial charge is 0.335 e. The highest BCUT2D eigenvalue weighted by molar-refractivity contribution is 5.88. The van der Waals surface area contributed by atoms with Crippen molar-refractivity contribution < 1.29 is 15.0 Å². The summed E-state index contributed by atoms with van der Waals surface area (Å²) in [6.45, 7) is 9.07. The molecule has 21 heavy (non-hydrogen) atoms. The molecule has 0 bridgehead atoms. The van der Waals surface area contributed by atoms with E-state index in [4.69, 9.17) is 5.11 Å². The highest BCUT2D eigenvalue weighted by Crippen LogP contribution is 2.24. The number of carboxylic acids is 1. The summed E-state index contributed by atoms with van der Waals surface area (Å²) >= 11 is 0. The van der Waals surface area contributed by atoms with Crippen LogP contribution in [0.1, 0.15) is 62.5 Å². The van der Waals surface area contributed by atoms with Crippen molar-refractivity contribution in [2.75, 3.05) is 18.5 Å². The lowest BCUT2D eigenvalue weighted by Crippen LogP contribution is -2.24. The molecule has 1 aromatic heterocycles. The Morgan fingerprint density at radius 3 is 2.57 bits per heavy atom. The topological polar surface area (TPSA) is 82.5 Å². The van der Waals surface area contributed by atoms with Crippen LogP contribution >= 0.6 is 0 Å². The van der Waals surface area contributed by atoms with Gasteiger partial charge in [-0.05, 0) is 36.3 Å². The number of anilines is 1. The Morgan fingerprint density at radius 1 is 1.38 bits per heavy atom. The van der Waals surface area contributed by atoms with Crippen LogP contribution in [0.25, 0.3) is 0 Å². The fourth-order valence-corrected chi connectivity index (χ4v) is 2.04. The van der Waals surface area contributed by atoms with E-state index in [2.05, 4.69) is 24.1 Å². The number of carbonyl (C=O) groups is 1. The number of nitrogens with one attached hydrogen (secondary N) is 1. The number of aromatic nitrogens is 1. The lowest BCUT2D eigenvalue weighted by molar-refractivity contribution is 0.0696. The minimum absolute atomic E-state index is 0.0155. The van der Waals surface area contributed by atoms with Crippen molar-refractivity contribution in [3.63, 3.8) is 0 Å². The molecule has 0 aliphatic carbocycles. The number of aliphatic hydroxyl groups is 1. The quantitative estimate of drug-likeness (QED) is 0.686. The maximum Gasteiger partial charge on any atom is 0.335 e. The zero-order valence-electron chi connectivity index (χ0n) is 13.3. The average Bonchev–Trinajstić information content (AvgIpc) is 2.42. The second-order valence-electron chi connectivity index (χ2n) is 6.47. The molecule has 0 saturated heterocycles. The van der Waals surface area contributed by atoms with E-state index in [1.165, 1.54) is 0 Å². The molecule has 1 aromatic rings. The van der Waals surface area contributed by atoms with E-state index in [0.29, 0.717) is 12.4 Å². The predicted octanol–water partition coefficient (Wildman–Crippen LogP) is 3.11. The van der Waals surface area contributed by atoms with Crippen LogP contribution in [0.4, 0.5) is 5.82 Å². The van der Waals surface area contributed by atoms with Crippen LogP contribution in [-0.4, -0.2) is 34.3 Å². The third-order valence-corrected chi connectivity index (χ3v) is 3.44. The Kier molecular flexibility index (Phi) is 6.15. The Hall–Kier alpha value is -1.62. The number of hydrogen-bond donors (Lipinski definition) is 3. The van der Waals surface area contributed by atoms with Gasteiger partial charge in [-0.2, -0.15) is 0 Å². The van der Waals surface area contributed by atoms with Gasteiger partial charge in [-0.3, -0.25) is 0 Å². The van der Waals surface area contributed by atoms with Gasteiger partial charge < -0.3 is 15.5 Å². The van der Waals surface area contributed by atoms with Gasteiger partial charge in [-0.15, -0.1) is 0 Å². The van der Waals surface area contributed by atoms with E-state index in [-0.39, 0.29) is 23.5 Å². The highest BCUT2D eigenvalue weighted by Gasteiger charge is 2.18. The van der Waals surface area contributed by atoms with E-state index in [9.17, 15) is 9.90 Å². The van der Waals surface area contributed by atoms with Gasteiger partial charge in [0.1, 0.15) is 5.82 Å². The minimum Gasteiger partial charge on any atom is -0.478 e. The Morgan fingerprint density at radius 2 is 2.05 bits per heavy atom. The number of pyridine rings is 1. The third-order valence-electron chi connectivity index (χ3n) is 3.44. The Labute approximate surface area is 126 Å². The van der Waals surface area contributed by atoms with Gasteiger partial charge in [-0.1, -0.05) is 27.7 Å². The molecule has 0 atom stereocenters. The molecule has 0 amide bonds. The number of aliphatic hydroxyl groups excluding tert-OH is 1. The minimum atomic E-state index is -0.943. The third kappa shape index (κ3) is 5.71. The van der Waals surface area contributed by atoms with Crippen LogP contribution in [0.2, 0.25) is 0 Å². The molecule has 0 aliphatic heterocycles. The van der Waals surface area contributed by atoms with Crippen molar-refractivity contribution >= 4 is 11.8 Å². The molecule has 1 heterocycles. The molecule has 0 saturated carbocycles. The zero-order chi connectivity index (χ0) is 16.0. The molecule has 0 fully saturated rings. The van der Waals surface area contributed by atoms with Crippen molar-refractivity contribution in [1.29, 1.82) is 0 Å². The molecule has 0 aromatic carbocycles. The average molecular weight is 294 g/mol. The molecule has 118 valence electrons. The molecular formula is C16H26N2O3. The van der Waals surface area contributed by atoms with Crippen molar-refractivity contribution in [2.24, 2.45) is 5.41 Å². The maximum absolute atomic E-state index is 11.2. The SMILES string of the molecule is CC(C)c1cc(C(=O)O)cc(NCC(C)(C)CCCO)n1. The molecule has 0 spiro atoms. The second kappa shape index (κ2) is 7.41. The van der Waals surface area contributed by atoms with Crippen molar-refractivity contribution in [3.8, 4) is 0 Å². The molecule has 0 aliphatic rings. The molecule has 3 N–H and O–H groups in total. The van der Waals surface area contributed by atoms with Gasteiger partial charge in [0.25, 0.3) is 0 Å². The van der Waals surface area contributed by atoms with Gasteiger partial charge in [0.15, 0.2) is 0 Å². The largest absolute Gasteiger partial charge is 0.478 e. The molecular weight excluding hydrogens is 268 g/mol. The van der Waals surface area contributed by atoms with Crippen molar-refractivity contribution in [1.82, 2.24) is 4.98 Å². The molecule has 0 radical (unpaired) electrons. The van der Waals surface area contributed by atoms with Crippen molar-refractivity contribution in [3.05, 3.63) is 23.4 Å². The van der Waals surface area contributed by atoms with Gasteiger partial charge in [-0.25, -0.2) is 9.78 Å². The van der Waals surface area contributed by atoms with Crippen molar-refractivity contribution in [2.45, 2.75) is 46.5 Å². The Bertz CT molecular complexity index is 484. The summed E-state index contributed by atoms with van der Waals surface area (Å²) in [7, 11) is 0. The van der Waals surface area contributed by atoms with Crippen LogP contribution in [0.5, 0.6) is 0 Å². The first-order chi connectivity index (χ1) is 9.75.